The highest BCUT2D eigenvalue weighted by Gasteiger charge is 2.35. The Labute approximate surface area is 238 Å². The van der Waals surface area contributed by atoms with Crippen LogP contribution in [0.25, 0.3) is 22.0 Å². The summed E-state index contributed by atoms with van der Waals surface area (Å²) in [7, 11) is 0. The lowest BCUT2D eigenvalue weighted by atomic mass is 10.0. The molecule has 3 N–H and O–H groups in total. The Morgan fingerprint density at radius 1 is 1.02 bits per heavy atom. The number of carboxylic acid groups (broad SMARTS) is 1. The maximum absolute atomic E-state index is 16.1. The van der Waals surface area contributed by atoms with Crippen LogP contribution >= 0.6 is 0 Å². The van der Waals surface area contributed by atoms with E-state index in [1.54, 1.807) is 30.3 Å². The van der Waals surface area contributed by atoms with E-state index in [1.807, 2.05) is 25.1 Å². The molecular formula is C31H28F3N3O5. The molecule has 4 aromatic rings. The fourth-order valence-electron chi connectivity index (χ4n) is 5.64. The smallest absolute Gasteiger partial charge is 0.341 e. The Morgan fingerprint density at radius 3 is 2.43 bits per heavy atom. The van der Waals surface area contributed by atoms with Crippen molar-refractivity contribution in [3.63, 3.8) is 0 Å². The van der Waals surface area contributed by atoms with Gasteiger partial charge < -0.3 is 29.7 Å². The Morgan fingerprint density at radius 2 is 1.76 bits per heavy atom. The number of anilines is 1. The maximum Gasteiger partial charge on any atom is 0.341 e. The number of phenolic OH excluding ortho intramolecular Hbond substituents is 1. The summed E-state index contributed by atoms with van der Waals surface area (Å²) in [4.78, 5) is 25.8. The second kappa shape index (κ2) is 10.7. The molecule has 0 spiro atoms. The molecule has 8 nitrogen and oxygen atoms in total. The number of phenols is 1. The Hall–Kier alpha value is -4.51. The zero-order valence-corrected chi connectivity index (χ0v) is 22.6. The molecule has 0 radical (unpaired) electrons. The largest absolute Gasteiger partial charge is 0.508 e. The molecule has 1 saturated heterocycles. The van der Waals surface area contributed by atoms with Gasteiger partial charge in [-0.05, 0) is 55.2 Å². The van der Waals surface area contributed by atoms with Gasteiger partial charge in [-0.25, -0.2) is 18.0 Å². The number of fused-ring (bicyclic) bond motifs is 1. The quantitative estimate of drug-likeness (QED) is 0.263. The summed E-state index contributed by atoms with van der Waals surface area (Å²) < 4.78 is 54.4. The van der Waals surface area contributed by atoms with Crippen molar-refractivity contribution in [3.05, 3.63) is 88.0 Å². The molecule has 1 aliphatic heterocycles. The van der Waals surface area contributed by atoms with Crippen molar-refractivity contribution in [2.45, 2.75) is 37.9 Å². The number of benzene rings is 3. The van der Waals surface area contributed by atoms with E-state index in [4.69, 9.17) is 4.74 Å². The zero-order chi connectivity index (χ0) is 29.7. The SMILES string of the molecule is C[C@@H]1CN(c2c(F)c(F)c3c(=O)c(C(=O)O)cn(C4CC4)c3c2F)C[C@H](COc2ccc(-c3cccc(O)c3)cc2)N1. The van der Waals surface area contributed by atoms with Crippen LogP contribution in [-0.4, -0.2) is 52.5 Å². The fraction of sp³-hybridized carbons (Fsp3) is 0.290. The molecule has 0 unspecified atom stereocenters. The third kappa shape index (κ3) is 5.04. The van der Waals surface area contributed by atoms with E-state index >= 15 is 13.2 Å². The van der Waals surface area contributed by atoms with Crippen LogP contribution in [0.5, 0.6) is 11.5 Å². The van der Waals surface area contributed by atoms with Gasteiger partial charge in [-0.15, -0.1) is 0 Å². The summed E-state index contributed by atoms with van der Waals surface area (Å²) in [5.41, 5.74) is -1.27. The number of halogens is 3. The number of ether oxygens (including phenoxy) is 1. The van der Waals surface area contributed by atoms with E-state index in [9.17, 15) is 19.8 Å². The molecule has 0 bridgehead atoms. The topological polar surface area (TPSA) is 104 Å². The number of nitrogens with zero attached hydrogens (tertiary/aromatic N) is 2. The molecule has 2 fully saturated rings. The molecule has 3 aromatic carbocycles. The standard InChI is InChI=1S/C31H28F3N3O5/c1-16-12-36(13-19(35-16)15-42-22-9-5-17(6-10-22)18-3-2-4-21(38)11-18)29-26(33)25(32)24-28(27(29)34)37(20-7-8-20)14-23(30(24)39)31(40)41/h2-6,9-11,14,16,19-20,35,38H,7-8,12-13,15H2,1H3,(H,40,41)/t16-,19-/m1/s1. The number of aromatic hydroxyl groups is 1. The summed E-state index contributed by atoms with van der Waals surface area (Å²) in [5.74, 6) is -5.04. The van der Waals surface area contributed by atoms with Gasteiger partial charge >= 0.3 is 5.97 Å². The highest BCUT2D eigenvalue weighted by molar-refractivity contribution is 5.94. The number of aromatic carboxylic acids is 1. The summed E-state index contributed by atoms with van der Waals surface area (Å²) in [6.45, 7) is 2.23. The molecular weight excluding hydrogens is 551 g/mol. The summed E-state index contributed by atoms with van der Waals surface area (Å²) in [6, 6.07) is 13.2. The van der Waals surface area contributed by atoms with Gasteiger partial charge in [0.1, 0.15) is 29.4 Å². The van der Waals surface area contributed by atoms with Crippen LogP contribution in [0.2, 0.25) is 0 Å². The van der Waals surface area contributed by atoms with E-state index in [0.717, 1.165) is 17.3 Å². The number of hydrogen-bond donors (Lipinski definition) is 3. The van der Waals surface area contributed by atoms with Gasteiger partial charge in [0, 0.05) is 31.4 Å². The predicted molar refractivity (Wildman–Crippen MR) is 151 cm³/mol. The minimum absolute atomic E-state index is 0.0887. The van der Waals surface area contributed by atoms with Crippen LogP contribution < -0.4 is 20.4 Å². The van der Waals surface area contributed by atoms with Crippen LogP contribution in [0.4, 0.5) is 18.9 Å². The molecule has 218 valence electrons. The summed E-state index contributed by atoms with van der Waals surface area (Å²) in [5, 5.41) is 21.6. The van der Waals surface area contributed by atoms with Gasteiger partial charge in [-0.1, -0.05) is 24.3 Å². The van der Waals surface area contributed by atoms with Crippen LogP contribution in [0.1, 0.15) is 36.2 Å². The Bertz CT molecular complexity index is 1750. The van der Waals surface area contributed by atoms with E-state index in [2.05, 4.69) is 5.32 Å². The van der Waals surface area contributed by atoms with E-state index in [1.165, 1.54) is 9.47 Å². The van der Waals surface area contributed by atoms with Gasteiger partial charge in [-0.2, -0.15) is 0 Å². The molecule has 1 saturated carbocycles. The Balaban J connectivity index is 1.27. The molecule has 0 amide bonds. The fourth-order valence-corrected chi connectivity index (χ4v) is 5.64. The molecule has 2 heterocycles. The van der Waals surface area contributed by atoms with Crippen molar-refractivity contribution < 1.29 is 32.9 Å². The van der Waals surface area contributed by atoms with Crippen molar-refractivity contribution in [2.75, 3.05) is 24.6 Å². The summed E-state index contributed by atoms with van der Waals surface area (Å²) >= 11 is 0. The van der Waals surface area contributed by atoms with Gasteiger partial charge in [-0.3, -0.25) is 4.79 Å². The molecule has 42 heavy (non-hydrogen) atoms. The number of aromatic nitrogens is 1. The average Bonchev–Trinajstić information content (AvgIpc) is 3.80. The first-order chi connectivity index (χ1) is 20.1. The third-order valence-electron chi connectivity index (χ3n) is 7.70. The van der Waals surface area contributed by atoms with Crippen molar-refractivity contribution >= 4 is 22.6 Å². The van der Waals surface area contributed by atoms with Crippen molar-refractivity contribution in [3.8, 4) is 22.6 Å². The second-order valence-corrected chi connectivity index (χ2v) is 10.9. The second-order valence-electron chi connectivity index (χ2n) is 10.9. The average molecular weight is 580 g/mol. The maximum atomic E-state index is 16.1. The van der Waals surface area contributed by atoms with E-state index in [0.29, 0.717) is 18.6 Å². The monoisotopic (exact) mass is 579 g/mol. The lowest BCUT2D eigenvalue weighted by Crippen LogP contribution is -2.58. The van der Waals surface area contributed by atoms with Crippen molar-refractivity contribution in [2.24, 2.45) is 0 Å². The van der Waals surface area contributed by atoms with Gasteiger partial charge in [0.15, 0.2) is 17.5 Å². The number of pyridine rings is 1. The highest BCUT2D eigenvalue weighted by Crippen LogP contribution is 2.41. The number of carboxylic acids is 1. The number of piperazine rings is 1. The first kappa shape index (κ1) is 27.6. The van der Waals surface area contributed by atoms with Crippen LogP contribution in [0.15, 0.2) is 59.5 Å². The Kier molecular flexibility index (Phi) is 7.05. The van der Waals surface area contributed by atoms with Crippen molar-refractivity contribution in [1.82, 2.24) is 9.88 Å². The molecule has 2 aliphatic rings. The van der Waals surface area contributed by atoms with Crippen LogP contribution in [-0.2, 0) is 0 Å². The molecule has 1 aromatic heterocycles. The number of nitrogens with one attached hydrogen (secondary N) is 1. The first-order valence-electron chi connectivity index (χ1n) is 13.6. The van der Waals surface area contributed by atoms with Crippen LogP contribution in [0, 0.1) is 17.5 Å². The minimum atomic E-state index is -1.59. The van der Waals surface area contributed by atoms with Gasteiger partial charge in [0.25, 0.3) is 0 Å². The number of rotatable bonds is 7. The lowest BCUT2D eigenvalue weighted by molar-refractivity contribution is 0.0694. The number of hydrogen-bond acceptors (Lipinski definition) is 6. The predicted octanol–water partition coefficient (Wildman–Crippen LogP) is 5.07. The highest BCUT2D eigenvalue weighted by atomic mass is 19.2. The van der Waals surface area contributed by atoms with Gasteiger partial charge in [0.2, 0.25) is 5.43 Å². The normalized spacial score (nSPS) is 18.8. The minimum Gasteiger partial charge on any atom is -0.508 e. The lowest BCUT2D eigenvalue weighted by Gasteiger charge is -2.39. The summed E-state index contributed by atoms with van der Waals surface area (Å²) in [6.07, 6.45) is 2.23. The molecule has 6 rings (SSSR count). The number of carbonyl (C=O) groups is 1. The van der Waals surface area contributed by atoms with Crippen LogP contribution in [0.3, 0.4) is 0 Å². The molecule has 1 aliphatic carbocycles. The third-order valence-corrected chi connectivity index (χ3v) is 7.70. The van der Waals surface area contributed by atoms with E-state index < -0.39 is 51.0 Å². The first-order valence-corrected chi connectivity index (χ1v) is 13.6. The molecule has 2 atom stereocenters. The molecule has 11 heteroatoms. The van der Waals surface area contributed by atoms with Gasteiger partial charge in [0.05, 0.1) is 16.9 Å². The van der Waals surface area contributed by atoms with E-state index in [-0.39, 0.29) is 43.6 Å². The zero-order valence-electron chi connectivity index (χ0n) is 22.6. The van der Waals surface area contributed by atoms with Crippen molar-refractivity contribution in [1.29, 1.82) is 0 Å².